The summed E-state index contributed by atoms with van der Waals surface area (Å²) in [5, 5.41) is 1.16. The van der Waals surface area contributed by atoms with Crippen molar-refractivity contribution in [3.8, 4) is 0 Å². The van der Waals surface area contributed by atoms with E-state index < -0.39 is 0 Å². The smallest absolute Gasteiger partial charge is 0.00934 e. The molecule has 0 radical (unpaired) electrons. The van der Waals surface area contributed by atoms with Crippen LogP contribution in [-0.4, -0.2) is 29.9 Å². The third-order valence-corrected chi connectivity index (χ3v) is 3.55. The van der Waals surface area contributed by atoms with Gasteiger partial charge in [0.05, 0.1) is 0 Å². The molecule has 0 aromatic rings. The van der Waals surface area contributed by atoms with Crippen LogP contribution < -0.4 is 0 Å². The fraction of sp³-hybridized carbons (Fsp3) is 1.00. The lowest BCUT2D eigenvalue weighted by molar-refractivity contribution is 0.272. The minimum atomic E-state index is 0.862. The Morgan fingerprint density at radius 1 is 1.50 bits per heavy atom. The lowest BCUT2D eigenvalue weighted by Gasteiger charge is -2.21. The first-order valence-electron chi connectivity index (χ1n) is 5.04. The summed E-state index contributed by atoms with van der Waals surface area (Å²) in [5.74, 6) is 0.862. The first-order chi connectivity index (χ1) is 5.77. The van der Waals surface area contributed by atoms with E-state index in [1.54, 1.807) is 0 Å². The molecule has 0 amide bonds. The summed E-state index contributed by atoms with van der Waals surface area (Å²) in [5.41, 5.74) is 0. The topological polar surface area (TPSA) is 3.24 Å². The van der Waals surface area contributed by atoms with Gasteiger partial charge < -0.3 is 4.90 Å². The van der Waals surface area contributed by atoms with E-state index in [1.807, 2.05) is 0 Å². The molecule has 12 heavy (non-hydrogen) atoms. The van der Waals surface area contributed by atoms with Gasteiger partial charge in [-0.1, -0.05) is 29.3 Å². The van der Waals surface area contributed by atoms with Gasteiger partial charge in [-0.05, 0) is 32.2 Å². The van der Waals surface area contributed by atoms with Crippen LogP contribution in [0.2, 0.25) is 0 Å². The molecule has 1 rings (SSSR count). The van der Waals surface area contributed by atoms with Crippen LogP contribution in [0.5, 0.6) is 0 Å². The van der Waals surface area contributed by atoms with Gasteiger partial charge in [-0.25, -0.2) is 0 Å². The Hall–Kier alpha value is 0.440. The Bertz CT molecular complexity index is 123. The fourth-order valence-corrected chi connectivity index (χ4v) is 2.23. The molecule has 0 N–H and O–H groups in total. The summed E-state index contributed by atoms with van der Waals surface area (Å²) < 4.78 is 0. The van der Waals surface area contributed by atoms with E-state index in [2.05, 4.69) is 34.8 Å². The minimum absolute atomic E-state index is 0.862. The van der Waals surface area contributed by atoms with Crippen molar-refractivity contribution < 1.29 is 0 Å². The Morgan fingerprint density at radius 3 is 2.58 bits per heavy atom. The lowest BCUT2D eigenvalue weighted by atomic mass is 10.1. The van der Waals surface area contributed by atoms with Crippen LogP contribution in [0.25, 0.3) is 0 Å². The molecule has 1 aliphatic carbocycles. The van der Waals surface area contributed by atoms with Crippen LogP contribution in [0.1, 0.15) is 32.6 Å². The minimum Gasteiger partial charge on any atom is -0.303 e. The van der Waals surface area contributed by atoms with Crippen LogP contribution >= 0.6 is 15.9 Å². The highest BCUT2D eigenvalue weighted by Gasteiger charge is 2.27. The van der Waals surface area contributed by atoms with E-state index in [4.69, 9.17) is 0 Å². The van der Waals surface area contributed by atoms with Gasteiger partial charge in [0.1, 0.15) is 0 Å². The molecule has 1 saturated carbocycles. The predicted molar refractivity (Wildman–Crippen MR) is 57.8 cm³/mol. The van der Waals surface area contributed by atoms with Crippen molar-refractivity contribution in [1.82, 2.24) is 4.90 Å². The molecule has 0 heterocycles. The second kappa shape index (κ2) is 5.23. The average molecular weight is 234 g/mol. The average Bonchev–Trinajstić information content (AvgIpc) is 2.85. The molecule has 72 valence electrons. The Morgan fingerprint density at radius 2 is 2.17 bits per heavy atom. The van der Waals surface area contributed by atoms with E-state index in [0.717, 1.165) is 17.3 Å². The number of alkyl halides is 1. The second-order valence-electron chi connectivity index (χ2n) is 3.98. The highest BCUT2D eigenvalue weighted by Crippen LogP contribution is 2.26. The molecule has 1 fully saturated rings. The summed E-state index contributed by atoms with van der Waals surface area (Å²) in [7, 11) is 2.27. The van der Waals surface area contributed by atoms with Crippen LogP contribution in [0.15, 0.2) is 0 Å². The van der Waals surface area contributed by atoms with Crippen molar-refractivity contribution in [2.45, 2.75) is 38.6 Å². The number of rotatable bonds is 6. The van der Waals surface area contributed by atoms with Gasteiger partial charge in [-0.2, -0.15) is 0 Å². The molecule has 0 bridgehead atoms. The zero-order valence-electron chi connectivity index (χ0n) is 8.22. The zero-order chi connectivity index (χ0) is 8.97. The molecule has 0 aliphatic heterocycles. The van der Waals surface area contributed by atoms with Gasteiger partial charge in [-0.3, -0.25) is 0 Å². The third kappa shape index (κ3) is 3.44. The molecule has 0 aromatic heterocycles. The molecule has 0 aromatic carbocycles. The molecular formula is C10H20BrN. The Labute approximate surface area is 84.6 Å². The summed E-state index contributed by atoms with van der Waals surface area (Å²) >= 11 is 3.59. The van der Waals surface area contributed by atoms with Crippen LogP contribution in [0, 0.1) is 5.92 Å². The van der Waals surface area contributed by atoms with Crippen molar-refractivity contribution >= 4 is 15.9 Å². The number of hydrogen-bond donors (Lipinski definition) is 0. The number of nitrogens with zero attached hydrogens (tertiary/aromatic N) is 1. The maximum atomic E-state index is 3.59. The summed E-state index contributed by atoms with van der Waals surface area (Å²) in [6.45, 7) is 3.55. The standard InChI is InChI=1S/C10H20BrN/c1-3-4-9(7-11)8-12(2)10-5-6-10/h9-10H,3-8H2,1-2H3. The zero-order valence-corrected chi connectivity index (χ0v) is 9.81. The van der Waals surface area contributed by atoms with Crippen molar-refractivity contribution in [1.29, 1.82) is 0 Å². The molecule has 1 unspecified atom stereocenters. The molecule has 2 heteroatoms. The van der Waals surface area contributed by atoms with Crippen LogP contribution in [0.4, 0.5) is 0 Å². The van der Waals surface area contributed by atoms with Gasteiger partial charge in [0.2, 0.25) is 0 Å². The maximum Gasteiger partial charge on any atom is 0.00934 e. The largest absolute Gasteiger partial charge is 0.303 e. The molecule has 1 aliphatic rings. The van der Waals surface area contributed by atoms with Crippen molar-refractivity contribution in [2.75, 3.05) is 18.9 Å². The molecule has 0 spiro atoms. The number of hydrogen-bond acceptors (Lipinski definition) is 1. The summed E-state index contributed by atoms with van der Waals surface area (Å²) in [6, 6.07) is 0.920. The van der Waals surface area contributed by atoms with E-state index >= 15 is 0 Å². The van der Waals surface area contributed by atoms with Crippen molar-refractivity contribution in [3.63, 3.8) is 0 Å². The van der Waals surface area contributed by atoms with Crippen LogP contribution in [-0.2, 0) is 0 Å². The van der Waals surface area contributed by atoms with E-state index in [9.17, 15) is 0 Å². The first-order valence-corrected chi connectivity index (χ1v) is 6.16. The van der Waals surface area contributed by atoms with Gasteiger partial charge in [-0.15, -0.1) is 0 Å². The first kappa shape index (κ1) is 10.5. The molecule has 1 atom stereocenters. The summed E-state index contributed by atoms with van der Waals surface area (Å²) in [4.78, 5) is 2.53. The Balaban J connectivity index is 2.15. The second-order valence-corrected chi connectivity index (χ2v) is 4.63. The van der Waals surface area contributed by atoms with Gasteiger partial charge in [0.15, 0.2) is 0 Å². The van der Waals surface area contributed by atoms with Crippen LogP contribution in [0.3, 0.4) is 0 Å². The van der Waals surface area contributed by atoms with Gasteiger partial charge in [0.25, 0.3) is 0 Å². The predicted octanol–water partition coefficient (Wildman–Crippen LogP) is 2.89. The molecule has 1 nitrogen and oxygen atoms in total. The van der Waals surface area contributed by atoms with E-state index in [1.165, 1.54) is 32.2 Å². The maximum absolute atomic E-state index is 3.59. The van der Waals surface area contributed by atoms with Gasteiger partial charge in [0, 0.05) is 17.9 Å². The Kier molecular flexibility index (Phi) is 4.59. The van der Waals surface area contributed by atoms with E-state index in [-0.39, 0.29) is 0 Å². The molecule has 0 saturated heterocycles. The van der Waals surface area contributed by atoms with Crippen molar-refractivity contribution in [2.24, 2.45) is 5.92 Å². The summed E-state index contributed by atoms with van der Waals surface area (Å²) in [6.07, 6.45) is 5.53. The monoisotopic (exact) mass is 233 g/mol. The van der Waals surface area contributed by atoms with Crippen molar-refractivity contribution in [3.05, 3.63) is 0 Å². The number of halogens is 1. The third-order valence-electron chi connectivity index (χ3n) is 2.63. The highest BCUT2D eigenvalue weighted by molar-refractivity contribution is 9.09. The SMILES string of the molecule is CCCC(CBr)CN(C)C1CC1. The lowest BCUT2D eigenvalue weighted by Crippen LogP contribution is -2.28. The van der Waals surface area contributed by atoms with E-state index in [0.29, 0.717) is 0 Å². The normalized spacial score (nSPS) is 20.0. The quantitative estimate of drug-likeness (QED) is 0.639. The fourth-order valence-electron chi connectivity index (χ4n) is 1.70. The highest BCUT2D eigenvalue weighted by atomic mass is 79.9. The van der Waals surface area contributed by atoms with Gasteiger partial charge >= 0.3 is 0 Å². The molecular weight excluding hydrogens is 214 g/mol.